The molecule has 0 unspecified atom stereocenters. The summed E-state index contributed by atoms with van der Waals surface area (Å²) in [5, 5.41) is 9.08. The summed E-state index contributed by atoms with van der Waals surface area (Å²) in [4.78, 5) is 33.7. The molecule has 0 amide bonds. The highest BCUT2D eigenvalue weighted by Gasteiger charge is 2.21. The van der Waals surface area contributed by atoms with Gasteiger partial charge in [0.25, 0.3) is 5.56 Å². The quantitative estimate of drug-likeness (QED) is 0.703. The average Bonchev–Trinajstić information content (AvgIpc) is 2.69. The maximum absolute atomic E-state index is 12.9. The Bertz CT molecular complexity index is 1100. The number of pyridine rings is 1. The number of ketones is 1. The standard InChI is InChI=1S/C20H17N5O2/c1-3-17-20(27)25(24-16-6-4-5-14(11-16)12-21)19(13(2)26)18(23-17)15-7-9-22-10-8-15/h4-11,24H,3H2,1-2H3. The molecular formula is C20H17N5O2. The van der Waals surface area contributed by atoms with E-state index in [1.807, 2.05) is 6.92 Å². The predicted molar refractivity (Wildman–Crippen MR) is 101 cm³/mol. The first-order valence-electron chi connectivity index (χ1n) is 8.39. The SMILES string of the molecule is CCc1nc(-c2ccncc2)c(C(C)=O)n(Nc2cccc(C#N)c2)c1=O. The Hall–Kier alpha value is -3.79. The summed E-state index contributed by atoms with van der Waals surface area (Å²) in [7, 11) is 0. The van der Waals surface area contributed by atoms with Crippen LogP contribution in [0.5, 0.6) is 0 Å². The number of Topliss-reactive ketones (excluding diaryl/α,β-unsaturated/α-hetero) is 1. The Morgan fingerprint density at radius 3 is 2.63 bits per heavy atom. The molecule has 0 saturated heterocycles. The lowest BCUT2D eigenvalue weighted by atomic mass is 10.1. The third kappa shape index (κ3) is 3.60. The van der Waals surface area contributed by atoms with E-state index in [0.717, 1.165) is 0 Å². The maximum Gasteiger partial charge on any atom is 0.291 e. The number of hydrogen-bond donors (Lipinski definition) is 1. The highest BCUT2D eigenvalue weighted by Crippen LogP contribution is 2.21. The molecule has 3 rings (SSSR count). The van der Waals surface area contributed by atoms with Crippen LogP contribution in [0.1, 0.15) is 35.6 Å². The van der Waals surface area contributed by atoms with Gasteiger partial charge in [-0.05, 0) is 36.8 Å². The van der Waals surface area contributed by atoms with Gasteiger partial charge in [-0.2, -0.15) is 5.26 Å². The number of aromatic nitrogens is 3. The zero-order valence-electron chi connectivity index (χ0n) is 14.9. The molecule has 0 aliphatic carbocycles. The van der Waals surface area contributed by atoms with E-state index in [1.165, 1.54) is 11.6 Å². The van der Waals surface area contributed by atoms with E-state index < -0.39 is 5.56 Å². The molecule has 7 nitrogen and oxygen atoms in total. The van der Waals surface area contributed by atoms with Gasteiger partial charge in [-0.1, -0.05) is 13.0 Å². The molecule has 0 atom stereocenters. The number of nitrogens with one attached hydrogen (secondary N) is 1. The summed E-state index contributed by atoms with van der Waals surface area (Å²) in [5.74, 6) is -0.307. The monoisotopic (exact) mass is 359 g/mol. The first-order valence-corrected chi connectivity index (χ1v) is 8.39. The molecule has 2 heterocycles. The summed E-state index contributed by atoms with van der Waals surface area (Å²) in [6.45, 7) is 3.21. The van der Waals surface area contributed by atoms with Crippen molar-refractivity contribution in [3.8, 4) is 17.3 Å². The van der Waals surface area contributed by atoms with Crippen molar-refractivity contribution in [2.45, 2.75) is 20.3 Å². The summed E-state index contributed by atoms with van der Waals surface area (Å²) in [5.41, 5.74) is 5.09. The molecule has 0 bridgehead atoms. The van der Waals surface area contributed by atoms with Gasteiger partial charge in [0.1, 0.15) is 17.1 Å². The van der Waals surface area contributed by atoms with Crippen molar-refractivity contribution in [3.05, 3.63) is 76.1 Å². The van der Waals surface area contributed by atoms with E-state index in [-0.39, 0.29) is 11.5 Å². The number of rotatable bonds is 5. The van der Waals surface area contributed by atoms with Gasteiger partial charge in [0.05, 0.1) is 17.3 Å². The largest absolute Gasteiger partial charge is 0.293 e. The van der Waals surface area contributed by atoms with E-state index in [4.69, 9.17) is 5.26 Å². The molecule has 0 fully saturated rings. The molecule has 27 heavy (non-hydrogen) atoms. The van der Waals surface area contributed by atoms with E-state index in [1.54, 1.807) is 48.8 Å². The fourth-order valence-electron chi connectivity index (χ4n) is 2.73. The van der Waals surface area contributed by atoms with Crippen LogP contribution in [0.4, 0.5) is 5.69 Å². The van der Waals surface area contributed by atoms with Crippen molar-refractivity contribution in [3.63, 3.8) is 0 Å². The van der Waals surface area contributed by atoms with Crippen LogP contribution in [0.3, 0.4) is 0 Å². The van der Waals surface area contributed by atoms with E-state index in [0.29, 0.717) is 34.6 Å². The minimum Gasteiger partial charge on any atom is -0.293 e. The van der Waals surface area contributed by atoms with Crippen LogP contribution < -0.4 is 11.0 Å². The molecular weight excluding hydrogens is 342 g/mol. The average molecular weight is 359 g/mol. The molecule has 0 spiro atoms. The smallest absolute Gasteiger partial charge is 0.291 e. The second-order valence-corrected chi connectivity index (χ2v) is 5.85. The molecule has 2 aromatic heterocycles. The molecule has 134 valence electrons. The Balaban J connectivity index is 2.27. The number of nitrogens with zero attached hydrogens (tertiary/aromatic N) is 4. The van der Waals surface area contributed by atoms with Gasteiger partial charge < -0.3 is 0 Å². The van der Waals surface area contributed by atoms with Gasteiger partial charge >= 0.3 is 0 Å². The Morgan fingerprint density at radius 2 is 2.00 bits per heavy atom. The lowest BCUT2D eigenvalue weighted by Gasteiger charge is -2.18. The molecule has 0 aliphatic rings. The number of anilines is 1. The van der Waals surface area contributed by atoms with Crippen LogP contribution in [0.25, 0.3) is 11.3 Å². The zero-order chi connectivity index (χ0) is 19.4. The van der Waals surface area contributed by atoms with Crippen LogP contribution in [0.15, 0.2) is 53.6 Å². The highest BCUT2D eigenvalue weighted by molar-refractivity contribution is 5.98. The fourth-order valence-corrected chi connectivity index (χ4v) is 2.73. The normalized spacial score (nSPS) is 10.3. The lowest BCUT2D eigenvalue weighted by molar-refractivity contribution is 0.100. The fraction of sp³-hybridized carbons (Fsp3) is 0.150. The number of benzene rings is 1. The maximum atomic E-state index is 12.9. The molecule has 3 aromatic rings. The topological polar surface area (TPSA) is 101 Å². The van der Waals surface area contributed by atoms with E-state index >= 15 is 0 Å². The third-order valence-corrected chi connectivity index (χ3v) is 4.00. The molecule has 0 radical (unpaired) electrons. The Morgan fingerprint density at radius 1 is 1.26 bits per heavy atom. The molecule has 0 aliphatic heterocycles. The van der Waals surface area contributed by atoms with Gasteiger partial charge in [0, 0.05) is 24.9 Å². The Labute approximate surface area is 155 Å². The minimum atomic E-state index is -0.400. The molecule has 7 heteroatoms. The summed E-state index contributed by atoms with van der Waals surface area (Å²) in [6, 6.07) is 12.2. The summed E-state index contributed by atoms with van der Waals surface area (Å²) >= 11 is 0. The second kappa shape index (κ2) is 7.62. The minimum absolute atomic E-state index is 0.144. The van der Waals surface area contributed by atoms with Gasteiger partial charge in [-0.3, -0.25) is 20.0 Å². The predicted octanol–water partition coefficient (Wildman–Crippen LogP) is 2.82. The van der Waals surface area contributed by atoms with Crippen LogP contribution in [-0.4, -0.2) is 20.4 Å². The third-order valence-electron chi connectivity index (χ3n) is 4.00. The van der Waals surface area contributed by atoms with Crippen molar-refractivity contribution >= 4 is 11.5 Å². The first kappa shape index (κ1) is 18.0. The van der Waals surface area contributed by atoms with Gasteiger partial charge in [-0.15, -0.1) is 0 Å². The molecule has 1 aromatic carbocycles. The van der Waals surface area contributed by atoms with E-state index in [9.17, 15) is 9.59 Å². The van der Waals surface area contributed by atoms with Crippen LogP contribution in [-0.2, 0) is 6.42 Å². The number of aryl methyl sites for hydroxylation is 1. The molecule has 1 N–H and O–H groups in total. The number of hydrogen-bond acceptors (Lipinski definition) is 6. The van der Waals surface area contributed by atoms with Gasteiger partial charge in [0.2, 0.25) is 0 Å². The van der Waals surface area contributed by atoms with Crippen LogP contribution in [0, 0.1) is 11.3 Å². The van der Waals surface area contributed by atoms with Crippen LogP contribution >= 0.6 is 0 Å². The Kier molecular flexibility index (Phi) is 5.08. The zero-order valence-corrected chi connectivity index (χ0v) is 14.9. The highest BCUT2D eigenvalue weighted by atomic mass is 16.1. The first-order chi connectivity index (χ1) is 13.0. The summed E-state index contributed by atoms with van der Waals surface area (Å²) in [6.07, 6.45) is 3.62. The second-order valence-electron chi connectivity index (χ2n) is 5.85. The lowest BCUT2D eigenvalue weighted by Crippen LogP contribution is -2.35. The molecule has 0 saturated carbocycles. The van der Waals surface area contributed by atoms with Crippen LogP contribution in [0.2, 0.25) is 0 Å². The number of nitriles is 1. The van der Waals surface area contributed by atoms with Gasteiger partial charge in [0.15, 0.2) is 5.78 Å². The van der Waals surface area contributed by atoms with Crippen molar-refractivity contribution in [1.82, 2.24) is 14.6 Å². The number of carbonyl (C=O) groups is 1. The number of carbonyl (C=O) groups excluding carboxylic acids is 1. The van der Waals surface area contributed by atoms with Crippen molar-refractivity contribution in [1.29, 1.82) is 5.26 Å². The van der Waals surface area contributed by atoms with Crippen molar-refractivity contribution in [2.75, 3.05) is 5.43 Å². The van der Waals surface area contributed by atoms with Crippen molar-refractivity contribution < 1.29 is 4.79 Å². The van der Waals surface area contributed by atoms with Crippen molar-refractivity contribution in [2.24, 2.45) is 0 Å². The van der Waals surface area contributed by atoms with E-state index in [2.05, 4.69) is 21.5 Å². The summed E-state index contributed by atoms with van der Waals surface area (Å²) < 4.78 is 1.21. The van der Waals surface area contributed by atoms with Gasteiger partial charge in [-0.25, -0.2) is 9.66 Å².